The van der Waals surface area contributed by atoms with E-state index in [2.05, 4.69) is 5.11 Å². The number of nitrogens with two attached hydrogens (primary N) is 1. The molecule has 0 radical (unpaired) electrons. The summed E-state index contributed by atoms with van der Waals surface area (Å²) in [6.07, 6.45) is 10.4. The van der Waals surface area contributed by atoms with Gasteiger partial charge in [0.1, 0.15) is 0 Å². The number of rotatable bonds is 4. The molecule has 1 aliphatic carbocycles. The van der Waals surface area contributed by atoms with Crippen molar-refractivity contribution in [3.8, 4) is 11.4 Å². The van der Waals surface area contributed by atoms with Crippen molar-refractivity contribution in [3.05, 3.63) is 42.7 Å². The van der Waals surface area contributed by atoms with Crippen LogP contribution in [-0.4, -0.2) is 10.7 Å². The molecule has 0 aliphatic heterocycles. The van der Waals surface area contributed by atoms with Crippen molar-refractivity contribution in [2.45, 2.75) is 38.2 Å². The molecular formula is C16H20N3O+. The van der Waals surface area contributed by atoms with Crippen LogP contribution >= 0.6 is 0 Å². The maximum Gasteiger partial charge on any atom is 0.171 e. The Morgan fingerprint density at radius 2 is 1.85 bits per heavy atom. The van der Waals surface area contributed by atoms with Crippen LogP contribution in [0, 0.1) is 0 Å². The van der Waals surface area contributed by atoms with Gasteiger partial charge in [-0.1, -0.05) is 6.42 Å². The second-order valence-electron chi connectivity index (χ2n) is 5.25. The van der Waals surface area contributed by atoms with E-state index in [0.717, 1.165) is 24.3 Å². The molecule has 0 spiro atoms. The first-order valence-electron chi connectivity index (χ1n) is 7.22. The summed E-state index contributed by atoms with van der Waals surface area (Å²) in [5, 5.41) is 3.82. The Hall–Kier alpha value is -2.10. The Morgan fingerprint density at radius 3 is 2.55 bits per heavy atom. The SMILES string of the molecule is [NH2+]=Nc1ccc(-n2cccc2)cc1OC1CCCCC1. The summed E-state index contributed by atoms with van der Waals surface area (Å²) in [7, 11) is 0. The summed E-state index contributed by atoms with van der Waals surface area (Å²) in [6, 6.07) is 9.93. The zero-order valence-corrected chi connectivity index (χ0v) is 11.5. The van der Waals surface area contributed by atoms with Crippen LogP contribution in [0.15, 0.2) is 47.8 Å². The van der Waals surface area contributed by atoms with Crippen LogP contribution in [0.25, 0.3) is 5.69 Å². The predicted octanol–water partition coefficient (Wildman–Crippen LogP) is 3.03. The van der Waals surface area contributed by atoms with Gasteiger partial charge in [-0.15, -0.1) is 0 Å². The fourth-order valence-corrected chi connectivity index (χ4v) is 2.73. The van der Waals surface area contributed by atoms with Gasteiger partial charge in [0.15, 0.2) is 11.4 Å². The van der Waals surface area contributed by atoms with Crippen molar-refractivity contribution in [2.24, 2.45) is 5.11 Å². The summed E-state index contributed by atoms with van der Waals surface area (Å²) in [5.74, 6) is 0.783. The van der Waals surface area contributed by atoms with E-state index >= 15 is 0 Å². The third kappa shape index (κ3) is 2.74. The molecule has 0 bridgehead atoms. The second-order valence-corrected chi connectivity index (χ2v) is 5.25. The van der Waals surface area contributed by atoms with Crippen molar-refractivity contribution < 1.29 is 10.3 Å². The molecule has 4 heteroatoms. The highest BCUT2D eigenvalue weighted by molar-refractivity contribution is 5.56. The average molecular weight is 270 g/mol. The first-order valence-corrected chi connectivity index (χ1v) is 7.22. The van der Waals surface area contributed by atoms with Crippen LogP contribution in [0.5, 0.6) is 5.75 Å². The Bertz CT molecular complexity index is 571. The largest absolute Gasteiger partial charge is 0.488 e. The Morgan fingerprint density at radius 1 is 1.10 bits per heavy atom. The standard InChI is InChI=1S/C16H19N3O/c17-18-15-9-8-13(19-10-4-5-11-19)12-16(15)20-14-6-2-1-3-7-14/h4-5,8-12,14,17H,1-3,6-7H2/p+1. The molecule has 0 amide bonds. The molecule has 1 aliphatic rings. The van der Waals surface area contributed by atoms with Gasteiger partial charge in [0.25, 0.3) is 0 Å². The molecule has 104 valence electrons. The number of hydrogen-bond donors (Lipinski definition) is 1. The number of benzene rings is 1. The lowest BCUT2D eigenvalue weighted by atomic mass is 9.98. The van der Waals surface area contributed by atoms with Gasteiger partial charge in [0, 0.05) is 24.1 Å². The summed E-state index contributed by atoms with van der Waals surface area (Å²) in [6.45, 7) is 0. The minimum atomic E-state index is 0.296. The van der Waals surface area contributed by atoms with Crippen molar-refractivity contribution in [2.75, 3.05) is 0 Å². The van der Waals surface area contributed by atoms with Gasteiger partial charge in [-0.25, -0.2) is 0 Å². The van der Waals surface area contributed by atoms with E-state index in [-0.39, 0.29) is 0 Å². The maximum absolute atomic E-state index is 6.13. The van der Waals surface area contributed by atoms with Crippen LogP contribution < -0.4 is 10.3 Å². The normalized spacial score (nSPS) is 16.0. The molecule has 4 nitrogen and oxygen atoms in total. The molecule has 0 unspecified atom stereocenters. The van der Waals surface area contributed by atoms with Crippen LogP contribution in [0.1, 0.15) is 32.1 Å². The van der Waals surface area contributed by atoms with Gasteiger partial charge in [-0.05, 0) is 55.1 Å². The minimum absolute atomic E-state index is 0.296. The molecular weight excluding hydrogens is 250 g/mol. The monoisotopic (exact) mass is 270 g/mol. The molecule has 1 aromatic carbocycles. The Balaban J connectivity index is 1.86. The van der Waals surface area contributed by atoms with E-state index in [1.807, 2.05) is 47.3 Å². The number of aromatic nitrogens is 1. The lowest BCUT2D eigenvalue weighted by molar-refractivity contribution is -0.210. The summed E-state index contributed by atoms with van der Waals surface area (Å²) in [4.78, 5) is 0. The highest BCUT2D eigenvalue weighted by atomic mass is 16.5. The minimum Gasteiger partial charge on any atom is -0.488 e. The van der Waals surface area contributed by atoms with Crippen LogP contribution in [0.2, 0.25) is 0 Å². The summed E-state index contributed by atoms with van der Waals surface area (Å²) >= 11 is 0. The lowest BCUT2D eigenvalue weighted by Crippen LogP contribution is -2.23. The summed E-state index contributed by atoms with van der Waals surface area (Å²) < 4.78 is 8.18. The van der Waals surface area contributed by atoms with E-state index < -0.39 is 0 Å². The zero-order valence-electron chi connectivity index (χ0n) is 11.5. The quantitative estimate of drug-likeness (QED) is 0.853. The fraction of sp³-hybridized carbons (Fsp3) is 0.375. The Labute approximate surface area is 118 Å². The maximum atomic E-state index is 6.13. The molecule has 1 fully saturated rings. The molecule has 2 N–H and O–H groups in total. The number of ether oxygens (including phenoxy) is 1. The molecule has 3 rings (SSSR count). The third-order valence-corrected chi connectivity index (χ3v) is 3.83. The van der Waals surface area contributed by atoms with Gasteiger partial charge in [-0.2, -0.15) is 5.53 Å². The number of hydrogen-bond acceptors (Lipinski definition) is 2. The lowest BCUT2D eigenvalue weighted by Gasteiger charge is -2.23. The topological polar surface area (TPSA) is 52.1 Å². The molecule has 0 saturated heterocycles. The van der Waals surface area contributed by atoms with Gasteiger partial charge in [-0.3, -0.25) is 0 Å². The van der Waals surface area contributed by atoms with Crippen LogP contribution in [0.4, 0.5) is 5.69 Å². The molecule has 2 aromatic rings. The van der Waals surface area contributed by atoms with Gasteiger partial charge < -0.3 is 9.30 Å². The van der Waals surface area contributed by atoms with Gasteiger partial charge >= 0.3 is 0 Å². The van der Waals surface area contributed by atoms with Crippen molar-refractivity contribution >= 4 is 5.69 Å². The van der Waals surface area contributed by atoms with Gasteiger partial charge in [0.2, 0.25) is 0 Å². The first-order chi connectivity index (χ1) is 9.86. The van der Waals surface area contributed by atoms with Crippen molar-refractivity contribution in [1.29, 1.82) is 0 Å². The van der Waals surface area contributed by atoms with E-state index in [1.54, 1.807) is 0 Å². The van der Waals surface area contributed by atoms with E-state index in [0.29, 0.717) is 11.8 Å². The molecule has 1 heterocycles. The van der Waals surface area contributed by atoms with E-state index in [1.165, 1.54) is 19.3 Å². The second kappa shape index (κ2) is 5.90. The summed E-state index contributed by atoms with van der Waals surface area (Å²) in [5.41, 5.74) is 7.24. The van der Waals surface area contributed by atoms with Crippen molar-refractivity contribution in [1.82, 2.24) is 4.57 Å². The fourth-order valence-electron chi connectivity index (χ4n) is 2.73. The molecule has 20 heavy (non-hydrogen) atoms. The smallest absolute Gasteiger partial charge is 0.171 e. The van der Waals surface area contributed by atoms with Crippen LogP contribution in [0.3, 0.4) is 0 Å². The number of nitrogens with zero attached hydrogens (tertiary/aromatic N) is 2. The zero-order chi connectivity index (χ0) is 13.8. The van der Waals surface area contributed by atoms with E-state index in [9.17, 15) is 0 Å². The highest BCUT2D eigenvalue weighted by Crippen LogP contribution is 2.32. The van der Waals surface area contributed by atoms with Crippen LogP contribution in [-0.2, 0) is 0 Å². The van der Waals surface area contributed by atoms with Crippen molar-refractivity contribution in [3.63, 3.8) is 0 Å². The molecule has 0 atom stereocenters. The third-order valence-electron chi connectivity index (χ3n) is 3.83. The predicted molar refractivity (Wildman–Crippen MR) is 77.3 cm³/mol. The van der Waals surface area contributed by atoms with Gasteiger partial charge in [0.05, 0.1) is 6.10 Å². The van der Waals surface area contributed by atoms with E-state index in [4.69, 9.17) is 10.3 Å². The first kappa shape index (κ1) is 12.9. The Kier molecular flexibility index (Phi) is 3.81. The average Bonchev–Trinajstić information content (AvgIpc) is 3.02. The highest BCUT2D eigenvalue weighted by Gasteiger charge is 2.17. The molecule has 1 aromatic heterocycles. The molecule has 1 saturated carbocycles.